The van der Waals surface area contributed by atoms with Gasteiger partial charge in [-0.15, -0.1) is 0 Å². The lowest BCUT2D eigenvalue weighted by atomic mass is 9.90. The van der Waals surface area contributed by atoms with Crippen LogP contribution in [0.2, 0.25) is 0 Å². The molecule has 1 aliphatic heterocycles. The molecule has 2 nitrogen and oxygen atoms in total. The van der Waals surface area contributed by atoms with Gasteiger partial charge in [0.1, 0.15) is 0 Å². The van der Waals surface area contributed by atoms with E-state index in [9.17, 15) is 0 Å². The molecule has 0 saturated carbocycles. The molecule has 1 aromatic rings. The number of rotatable bonds is 3. The predicted octanol–water partition coefficient (Wildman–Crippen LogP) is 1.98. The van der Waals surface area contributed by atoms with Crippen molar-refractivity contribution >= 4 is 0 Å². The molecule has 0 aromatic heterocycles. The molecule has 0 spiro atoms. The maximum atomic E-state index is 6.20. The molecular weight excluding hydrogens is 186 g/mol. The van der Waals surface area contributed by atoms with Crippen molar-refractivity contribution in [3.63, 3.8) is 0 Å². The monoisotopic (exact) mass is 205 g/mol. The molecule has 1 heterocycles. The largest absolute Gasteiger partial charge is 0.381 e. The first-order chi connectivity index (χ1) is 7.36. The second-order valence-corrected chi connectivity index (χ2v) is 4.33. The average molecular weight is 205 g/mol. The normalized spacial score (nSPS) is 23.7. The molecule has 1 saturated heterocycles. The second kappa shape index (κ2) is 5.29. The molecule has 1 aliphatic rings. The average Bonchev–Trinajstić information content (AvgIpc) is 2.31. The first-order valence-corrected chi connectivity index (χ1v) is 5.73. The molecule has 0 amide bonds. The van der Waals surface area contributed by atoms with Crippen molar-refractivity contribution in [3.8, 4) is 0 Å². The number of benzene rings is 1. The highest BCUT2D eigenvalue weighted by atomic mass is 16.5. The smallest absolute Gasteiger partial charge is 0.0509 e. The van der Waals surface area contributed by atoms with Gasteiger partial charge in [-0.3, -0.25) is 0 Å². The molecule has 2 rings (SSSR count). The van der Waals surface area contributed by atoms with Crippen molar-refractivity contribution in [2.75, 3.05) is 13.2 Å². The number of nitrogens with two attached hydrogens (primary N) is 1. The summed E-state index contributed by atoms with van der Waals surface area (Å²) >= 11 is 0. The fraction of sp³-hybridized carbons (Fsp3) is 0.538. The number of hydrogen-bond donors (Lipinski definition) is 1. The van der Waals surface area contributed by atoms with Crippen molar-refractivity contribution in [1.29, 1.82) is 0 Å². The summed E-state index contributed by atoms with van der Waals surface area (Å²) in [7, 11) is 0. The lowest BCUT2D eigenvalue weighted by molar-refractivity contribution is 0.0450. The van der Waals surface area contributed by atoms with Crippen LogP contribution in [0.3, 0.4) is 0 Å². The minimum atomic E-state index is 0.243. The third-order valence-corrected chi connectivity index (χ3v) is 3.12. The van der Waals surface area contributed by atoms with Crippen LogP contribution >= 0.6 is 0 Å². The summed E-state index contributed by atoms with van der Waals surface area (Å²) in [4.78, 5) is 0. The van der Waals surface area contributed by atoms with Gasteiger partial charge in [0.15, 0.2) is 0 Å². The Hall–Kier alpha value is -0.860. The van der Waals surface area contributed by atoms with Crippen molar-refractivity contribution in [2.45, 2.75) is 25.3 Å². The van der Waals surface area contributed by atoms with E-state index in [4.69, 9.17) is 10.5 Å². The Labute approximate surface area is 91.4 Å². The van der Waals surface area contributed by atoms with Crippen LogP contribution in [0.1, 0.15) is 18.4 Å². The zero-order valence-electron chi connectivity index (χ0n) is 9.06. The van der Waals surface area contributed by atoms with Crippen LogP contribution in [0.4, 0.5) is 0 Å². The summed E-state index contributed by atoms with van der Waals surface area (Å²) in [6, 6.07) is 10.7. The molecular formula is C13H19NO. The van der Waals surface area contributed by atoms with Gasteiger partial charge in [0.05, 0.1) is 6.61 Å². The second-order valence-electron chi connectivity index (χ2n) is 4.33. The van der Waals surface area contributed by atoms with E-state index in [0.717, 1.165) is 26.1 Å². The van der Waals surface area contributed by atoms with Gasteiger partial charge in [-0.2, -0.15) is 0 Å². The fourth-order valence-electron chi connectivity index (χ4n) is 2.16. The highest BCUT2D eigenvalue weighted by Crippen LogP contribution is 2.18. The van der Waals surface area contributed by atoms with Crippen LogP contribution in [-0.4, -0.2) is 19.3 Å². The third kappa shape index (κ3) is 3.05. The van der Waals surface area contributed by atoms with E-state index in [1.54, 1.807) is 0 Å². The van der Waals surface area contributed by atoms with E-state index >= 15 is 0 Å². The van der Waals surface area contributed by atoms with E-state index in [-0.39, 0.29) is 6.04 Å². The van der Waals surface area contributed by atoms with E-state index in [1.165, 1.54) is 12.0 Å². The zero-order valence-corrected chi connectivity index (χ0v) is 9.06. The Morgan fingerprint density at radius 3 is 2.80 bits per heavy atom. The minimum absolute atomic E-state index is 0.243. The Kier molecular flexibility index (Phi) is 3.75. The summed E-state index contributed by atoms with van der Waals surface area (Å²) < 4.78 is 5.46. The molecule has 2 atom stereocenters. The quantitative estimate of drug-likeness (QED) is 0.819. The molecule has 15 heavy (non-hydrogen) atoms. The third-order valence-electron chi connectivity index (χ3n) is 3.12. The molecule has 1 aromatic carbocycles. The highest BCUT2D eigenvalue weighted by Gasteiger charge is 2.20. The summed E-state index contributed by atoms with van der Waals surface area (Å²) in [6.07, 6.45) is 3.34. The SMILES string of the molecule is NC(Cc1ccccc1)C1CCCOC1. The first-order valence-electron chi connectivity index (χ1n) is 5.73. The van der Waals surface area contributed by atoms with Crippen molar-refractivity contribution in [3.05, 3.63) is 35.9 Å². The van der Waals surface area contributed by atoms with Gasteiger partial charge in [-0.1, -0.05) is 30.3 Å². The van der Waals surface area contributed by atoms with Gasteiger partial charge >= 0.3 is 0 Å². The topological polar surface area (TPSA) is 35.2 Å². The molecule has 1 fully saturated rings. The summed E-state index contributed by atoms with van der Waals surface area (Å²) in [6.45, 7) is 1.75. The fourth-order valence-corrected chi connectivity index (χ4v) is 2.16. The van der Waals surface area contributed by atoms with Crippen LogP contribution < -0.4 is 5.73 Å². The summed E-state index contributed by atoms with van der Waals surface area (Å²) in [5.74, 6) is 0.541. The lowest BCUT2D eigenvalue weighted by Crippen LogP contribution is -2.37. The van der Waals surface area contributed by atoms with Gasteiger partial charge in [0.2, 0.25) is 0 Å². The molecule has 0 aliphatic carbocycles. The summed E-state index contributed by atoms with van der Waals surface area (Å²) in [5, 5.41) is 0. The van der Waals surface area contributed by atoms with Gasteiger partial charge in [-0.05, 0) is 30.7 Å². The lowest BCUT2D eigenvalue weighted by Gasteiger charge is -2.27. The Morgan fingerprint density at radius 1 is 1.33 bits per heavy atom. The Morgan fingerprint density at radius 2 is 2.13 bits per heavy atom. The number of hydrogen-bond acceptors (Lipinski definition) is 2. The minimum Gasteiger partial charge on any atom is -0.381 e. The highest BCUT2D eigenvalue weighted by molar-refractivity contribution is 5.16. The van der Waals surface area contributed by atoms with Gasteiger partial charge in [0.25, 0.3) is 0 Å². The molecule has 2 unspecified atom stereocenters. The van der Waals surface area contributed by atoms with Crippen LogP contribution in [0.15, 0.2) is 30.3 Å². The predicted molar refractivity (Wildman–Crippen MR) is 61.7 cm³/mol. The van der Waals surface area contributed by atoms with Crippen LogP contribution in [0.25, 0.3) is 0 Å². The zero-order chi connectivity index (χ0) is 10.5. The summed E-state index contributed by atoms with van der Waals surface area (Å²) in [5.41, 5.74) is 7.53. The van der Waals surface area contributed by atoms with Crippen molar-refractivity contribution in [2.24, 2.45) is 11.7 Å². The number of ether oxygens (including phenoxy) is 1. The van der Waals surface area contributed by atoms with E-state index < -0.39 is 0 Å². The molecule has 82 valence electrons. The molecule has 0 bridgehead atoms. The molecule has 0 radical (unpaired) electrons. The Bertz CT molecular complexity index is 280. The first kappa shape index (κ1) is 10.7. The van der Waals surface area contributed by atoms with Crippen molar-refractivity contribution < 1.29 is 4.74 Å². The van der Waals surface area contributed by atoms with Gasteiger partial charge in [-0.25, -0.2) is 0 Å². The van der Waals surface area contributed by atoms with E-state index in [2.05, 4.69) is 24.3 Å². The van der Waals surface area contributed by atoms with Crippen LogP contribution in [0, 0.1) is 5.92 Å². The maximum absolute atomic E-state index is 6.20. The maximum Gasteiger partial charge on any atom is 0.0509 e. The van der Waals surface area contributed by atoms with E-state index in [1.807, 2.05) is 6.07 Å². The standard InChI is InChI=1S/C13H19NO/c14-13(12-7-4-8-15-10-12)9-11-5-2-1-3-6-11/h1-3,5-6,12-13H,4,7-10,14H2. The molecule has 2 heteroatoms. The van der Waals surface area contributed by atoms with Crippen LogP contribution in [-0.2, 0) is 11.2 Å². The van der Waals surface area contributed by atoms with Gasteiger partial charge < -0.3 is 10.5 Å². The van der Waals surface area contributed by atoms with Gasteiger partial charge in [0, 0.05) is 12.6 Å². The molecule has 2 N–H and O–H groups in total. The van der Waals surface area contributed by atoms with E-state index in [0.29, 0.717) is 5.92 Å². The van der Waals surface area contributed by atoms with Crippen LogP contribution in [0.5, 0.6) is 0 Å². The van der Waals surface area contributed by atoms with Crippen molar-refractivity contribution in [1.82, 2.24) is 0 Å². The Balaban J connectivity index is 1.88.